The van der Waals surface area contributed by atoms with Crippen LogP contribution in [0.1, 0.15) is 32.3 Å². The highest BCUT2D eigenvalue weighted by Crippen LogP contribution is 2.51. The Kier molecular flexibility index (Phi) is 6.33. The first-order chi connectivity index (χ1) is 9.41. The highest BCUT2D eigenvalue weighted by molar-refractivity contribution is 7.53. The van der Waals surface area contributed by atoms with Crippen molar-refractivity contribution >= 4 is 13.3 Å². The van der Waals surface area contributed by atoms with Gasteiger partial charge in [0.1, 0.15) is 0 Å². The Morgan fingerprint density at radius 1 is 1.20 bits per heavy atom. The molecule has 0 aliphatic rings. The summed E-state index contributed by atoms with van der Waals surface area (Å²) in [5.41, 5.74) is 0.911. The van der Waals surface area contributed by atoms with Gasteiger partial charge in [-0.2, -0.15) is 0 Å². The first-order valence-electron chi connectivity index (χ1n) is 6.54. The number of nitro benzene ring substituents is 1. The highest BCUT2D eigenvalue weighted by Gasteiger charge is 2.27. The van der Waals surface area contributed by atoms with Gasteiger partial charge >= 0.3 is 7.60 Å². The monoisotopic (exact) mass is 301 g/mol. The van der Waals surface area contributed by atoms with E-state index in [1.807, 2.05) is 6.92 Å². The average Bonchev–Trinajstić information content (AvgIpc) is 2.39. The summed E-state index contributed by atoms with van der Waals surface area (Å²) in [6, 6.07) is 6.23. The third-order valence-electron chi connectivity index (χ3n) is 2.82. The SMILES string of the molecule is CCOP(=O)(CC(C)c1ccc([N+](=O)[O-])cc1)OCC. The van der Waals surface area contributed by atoms with Crippen molar-refractivity contribution in [2.75, 3.05) is 19.4 Å². The Balaban J connectivity index is 2.80. The molecule has 20 heavy (non-hydrogen) atoms. The number of rotatable bonds is 8. The summed E-state index contributed by atoms with van der Waals surface area (Å²) in [7, 11) is -3.11. The fraction of sp³-hybridized carbons (Fsp3) is 0.538. The number of non-ortho nitro benzene ring substituents is 1. The van der Waals surface area contributed by atoms with Crippen LogP contribution in [0.3, 0.4) is 0 Å². The van der Waals surface area contributed by atoms with Crippen LogP contribution >= 0.6 is 7.60 Å². The minimum absolute atomic E-state index is 0.0405. The normalized spacial score (nSPS) is 13.2. The summed E-state index contributed by atoms with van der Waals surface area (Å²) in [5, 5.41) is 10.6. The maximum atomic E-state index is 12.4. The minimum Gasteiger partial charge on any atom is -0.309 e. The summed E-state index contributed by atoms with van der Waals surface area (Å²) in [6.45, 7) is 6.07. The third kappa shape index (κ3) is 4.71. The van der Waals surface area contributed by atoms with E-state index >= 15 is 0 Å². The fourth-order valence-corrected chi connectivity index (χ4v) is 3.86. The van der Waals surface area contributed by atoms with E-state index in [0.29, 0.717) is 13.2 Å². The second kappa shape index (κ2) is 7.53. The summed E-state index contributed by atoms with van der Waals surface area (Å²) in [4.78, 5) is 10.2. The van der Waals surface area contributed by atoms with Crippen molar-refractivity contribution in [2.24, 2.45) is 0 Å². The molecule has 1 unspecified atom stereocenters. The zero-order chi connectivity index (χ0) is 15.2. The smallest absolute Gasteiger partial charge is 0.309 e. The standard InChI is InChI=1S/C13H20NO5P/c1-4-18-20(17,19-5-2)10-11(3)12-6-8-13(9-7-12)14(15)16/h6-9,11H,4-5,10H2,1-3H3. The van der Waals surface area contributed by atoms with Crippen LogP contribution in [0, 0.1) is 10.1 Å². The Bertz CT molecular complexity index is 478. The molecule has 0 spiro atoms. The van der Waals surface area contributed by atoms with E-state index in [9.17, 15) is 14.7 Å². The van der Waals surface area contributed by atoms with Crippen LogP contribution in [-0.4, -0.2) is 24.3 Å². The van der Waals surface area contributed by atoms with E-state index in [2.05, 4.69) is 0 Å². The summed E-state index contributed by atoms with van der Waals surface area (Å²) >= 11 is 0. The zero-order valence-electron chi connectivity index (χ0n) is 11.9. The molecule has 0 N–H and O–H groups in total. The number of hydrogen-bond acceptors (Lipinski definition) is 5. The maximum absolute atomic E-state index is 12.4. The average molecular weight is 301 g/mol. The summed E-state index contributed by atoms with van der Waals surface area (Å²) in [6.07, 6.45) is 0.256. The van der Waals surface area contributed by atoms with E-state index in [-0.39, 0.29) is 17.8 Å². The number of nitrogens with zero attached hydrogens (tertiary/aromatic N) is 1. The molecule has 0 aliphatic heterocycles. The van der Waals surface area contributed by atoms with Crippen molar-refractivity contribution in [3.63, 3.8) is 0 Å². The van der Waals surface area contributed by atoms with Gasteiger partial charge in [-0.3, -0.25) is 14.7 Å². The predicted molar refractivity (Wildman–Crippen MR) is 77.2 cm³/mol. The van der Waals surface area contributed by atoms with E-state index in [1.165, 1.54) is 12.1 Å². The largest absolute Gasteiger partial charge is 0.331 e. The van der Waals surface area contributed by atoms with Gasteiger partial charge in [0, 0.05) is 12.1 Å². The Morgan fingerprint density at radius 3 is 2.10 bits per heavy atom. The fourth-order valence-electron chi connectivity index (χ4n) is 1.90. The molecule has 0 aliphatic carbocycles. The van der Waals surface area contributed by atoms with Crippen molar-refractivity contribution < 1.29 is 18.5 Å². The molecule has 1 atom stereocenters. The van der Waals surface area contributed by atoms with E-state index < -0.39 is 12.5 Å². The van der Waals surface area contributed by atoms with Crippen LogP contribution in [0.2, 0.25) is 0 Å². The van der Waals surface area contributed by atoms with Gasteiger partial charge in [-0.1, -0.05) is 19.1 Å². The van der Waals surface area contributed by atoms with Crippen molar-refractivity contribution in [1.29, 1.82) is 0 Å². The molecule has 7 heteroatoms. The quantitative estimate of drug-likeness (QED) is 0.412. The van der Waals surface area contributed by atoms with Crippen LogP contribution < -0.4 is 0 Å². The molecular formula is C13H20NO5P. The van der Waals surface area contributed by atoms with Crippen LogP contribution in [0.25, 0.3) is 0 Å². The molecule has 0 amide bonds. The van der Waals surface area contributed by atoms with Crippen LogP contribution in [0.15, 0.2) is 24.3 Å². The molecule has 0 heterocycles. The third-order valence-corrected chi connectivity index (χ3v) is 5.12. The highest BCUT2D eigenvalue weighted by atomic mass is 31.2. The molecule has 0 bridgehead atoms. The summed E-state index contributed by atoms with van der Waals surface area (Å²) in [5.74, 6) is -0.0697. The molecule has 6 nitrogen and oxygen atoms in total. The van der Waals surface area contributed by atoms with Crippen molar-refractivity contribution in [1.82, 2.24) is 0 Å². The second-order valence-electron chi connectivity index (χ2n) is 4.38. The first-order valence-corrected chi connectivity index (χ1v) is 8.27. The lowest BCUT2D eigenvalue weighted by Gasteiger charge is -2.20. The van der Waals surface area contributed by atoms with Gasteiger partial charge in [0.15, 0.2) is 0 Å². The molecule has 1 aromatic carbocycles. The van der Waals surface area contributed by atoms with E-state index in [1.54, 1.807) is 26.0 Å². The minimum atomic E-state index is -3.11. The van der Waals surface area contributed by atoms with Gasteiger partial charge in [0.05, 0.1) is 24.3 Å². The molecule has 0 fully saturated rings. The number of benzene rings is 1. The second-order valence-corrected chi connectivity index (χ2v) is 6.48. The molecule has 112 valence electrons. The summed E-state index contributed by atoms with van der Waals surface area (Å²) < 4.78 is 22.9. The van der Waals surface area contributed by atoms with Gasteiger partial charge in [0.2, 0.25) is 0 Å². The Morgan fingerprint density at radius 2 is 1.70 bits per heavy atom. The van der Waals surface area contributed by atoms with Gasteiger partial charge in [-0.25, -0.2) is 0 Å². The molecule has 0 saturated carbocycles. The Hall–Kier alpha value is -1.23. The van der Waals surface area contributed by atoms with E-state index in [4.69, 9.17) is 9.05 Å². The van der Waals surface area contributed by atoms with Crippen molar-refractivity contribution in [2.45, 2.75) is 26.7 Å². The molecule has 0 radical (unpaired) electrons. The number of hydrogen-bond donors (Lipinski definition) is 0. The van der Waals surface area contributed by atoms with Gasteiger partial charge in [-0.15, -0.1) is 0 Å². The van der Waals surface area contributed by atoms with Gasteiger partial charge < -0.3 is 9.05 Å². The van der Waals surface area contributed by atoms with Crippen LogP contribution in [0.4, 0.5) is 5.69 Å². The maximum Gasteiger partial charge on any atom is 0.331 e. The molecule has 0 aromatic heterocycles. The van der Waals surface area contributed by atoms with Crippen molar-refractivity contribution in [3.8, 4) is 0 Å². The molecule has 1 aromatic rings. The predicted octanol–water partition coefficient (Wildman–Crippen LogP) is 3.96. The lowest BCUT2D eigenvalue weighted by atomic mass is 10.0. The lowest BCUT2D eigenvalue weighted by molar-refractivity contribution is -0.384. The molecular weight excluding hydrogens is 281 g/mol. The van der Waals surface area contributed by atoms with Crippen LogP contribution in [0.5, 0.6) is 0 Å². The first kappa shape index (κ1) is 16.8. The zero-order valence-corrected chi connectivity index (χ0v) is 12.8. The lowest BCUT2D eigenvalue weighted by Crippen LogP contribution is -2.06. The van der Waals surface area contributed by atoms with Crippen molar-refractivity contribution in [3.05, 3.63) is 39.9 Å². The number of nitro groups is 1. The topological polar surface area (TPSA) is 78.7 Å². The van der Waals surface area contributed by atoms with Crippen LogP contribution in [-0.2, 0) is 13.6 Å². The van der Waals surface area contributed by atoms with Gasteiger partial charge in [-0.05, 0) is 25.3 Å². The Labute approximate surface area is 118 Å². The molecule has 1 rings (SSSR count). The van der Waals surface area contributed by atoms with E-state index in [0.717, 1.165) is 5.56 Å². The molecule has 0 saturated heterocycles. The van der Waals surface area contributed by atoms with Gasteiger partial charge in [0.25, 0.3) is 5.69 Å².